The highest BCUT2D eigenvalue weighted by molar-refractivity contribution is 6.31. The number of benzene rings is 2. The molecule has 0 aliphatic rings. The molecule has 3 aromatic rings. The lowest BCUT2D eigenvalue weighted by atomic mass is 10.1. The number of halogens is 2. The first-order valence-corrected chi connectivity index (χ1v) is 7.29. The average Bonchev–Trinajstić information content (AvgIpc) is 2.51. The molecule has 1 heterocycles. The van der Waals surface area contributed by atoms with Gasteiger partial charge in [-0.2, -0.15) is 0 Å². The minimum absolute atomic E-state index is 0.00737. The van der Waals surface area contributed by atoms with E-state index in [2.05, 4.69) is 15.3 Å². The fourth-order valence-corrected chi connectivity index (χ4v) is 2.28. The molecule has 3 rings (SSSR count). The second-order valence-electron chi connectivity index (χ2n) is 5.10. The standard InChI is InChI=1S/C17H13ClFN3O/c1-10-2-4-11(5-3-10)15-9-16(23)22-17(21-15)20-12-6-7-14(19)13(18)8-12/h2-9H,1H3,(H2,20,21,22,23). The Bertz CT molecular complexity index is 906. The highest BCUT2D eigenvalue weighted by atomic mass is 35.5. The van der Waals surface area contributed by atoms with Crippen LogP contribution in [0.4, 0.5) is 16.0 Å². The van der Waals surface area contributed by atoms with E-state index in [1.54, 1.807) is 0 Å². The molecule has 4 nitrogen and oxygen atoms in total. The van der Waals surface area contributed by atoms with E-state index >= 15 is 0 Å². The van der Waals surface area contributed by atoms with Crippen molar-refractivity contribution in [1.82, 2.24) is 9.97 Å². The van der Waals surface area contributed by atoms with Gasteiger partial charge >= 0.3 is 0 Å². The Balaban J connectivity index is 1.95. The Morgan fingerprint density at radius 2 is 1.87 bits per heavy atom. The summed E-state index contributed by atoms with van der Waals surface area (Å²) in [7, 11) is 0. The smallest absolute Gasteiger partial charge is 0.252 e. The molecule has 0 aliphatic carbocycles. The topological polar surface area (TPSA) is 57.8 Å². The summed E-state index contributed by atoms with van der Waals surface area (Å²) in [4.78, 5) is 18.8. The Morgan fingerprint density at radius 1 is 1.13 bits per heavy atom. The molecule has 1 aromatic heterocycles. The summed E-state index contributed by atoms with van der Waals surface area (Å²) in [6, 6.07) is 13.3. The third kappa shape index (κ3) is 3.57. The minimum Gasteiger partial charge on any atom is -0.326 e. The summed E-state index contributed by atoms with van der Waals surface area (Å²) >= 11 is 5.75. The van der Waals surface area contributed by atoms with Crippen LogP contribution in [0.15, 0.2) is 53.3 Å². The van der Waals surface area contributed by atoms with Crippen LogP contribution in [0.2, 0.25) is 5.02 Å². The third-order valence-electron chi connectivity index (χ3n) is 3.27. The van der Waals surface area contributed by atoms with Crippen LogP contribution in [-0.2, 0) is 0 Å². The van der Waals surface area contributed by atoms with Crippen LogP contribution in [0, 0.1) is 12.7 Å². The van der Waals surface area contributed by atoms with Gasteiger partial charge < -0.3 is 5.32 Å². The van der Waals surface area contributed by atoms with E-state index in [0.717, 1.165) is 11.1 Å². The Kier molecular flexibility index (Phi) is 4.12. The molecule has 0 radical (unpaired) electrons. The maximum Gasteiger partial charge on any atom is 0.252 e. The molecule has 0 spiro atoms. The fraction of sp³-hybridized carbons (Fsp3) is 0.0588. The summed E-state index contributed by atoms with van der Waals surface area (Å²) in [5.41, 5.74) is 2.75. The SMILES string of the molecule is Cc1ccc(-c2cc(=O)[nH]c(Nc3ccc(F)c(Cl)c3)n2)cc1. The molecule has 6 heteroatoms. The molecule has 2 N–H and O–H groups in total. The highest BCUT2D eigenvalue weighted by Gasteiger charge is 2.06. The number of aromatic nitrogens is 2. The lowest BCUT2D eigenvalue weighted by Crippen LogP contribution is -2.10. The fourth-order valence-electron chi connectivity index (χ4n) is 2.10. The second kappa shape index (κ2) is 6.22. The first kappa shape index (κ1) is 15.2. The molecule has 0 fully saturated rings. The van der Waals surface area contributed by atoms with E-state index in [4.69, 9.17) is 11.6 Å². The summed E-state index contributed by atoms with van der Waals surface area (Å²) in [6.07, 6.45) is 0. The van der Waals surface area contributed by atoms with Gasteiger partial charge in [-0.05, 0) is 25.1 Å². The van der Waals surface area contributed by atoms with Gasteiger partial charge in [0, 0.05) is 17.3 Å². The summed E-state index contributed by atoms with van der Waals surface area (Å²) in [5, 5.41) is 2.91. The number of hydrogen-bond donors (Lipinski definition) is 2. The van der Waals surface area contributed by atoms with Crippen LogP contribution in [0.3, 0.4) is 0 Å². The summed E-state index contributed by atoms with van der Waals surface area (Å²) in [5.74, 6) is -0.247. The van der Waals surface area contributed by atoms with E-state index in [1.165, 1.54) is 24.3 Å². The molecule has 0 aliphatic heterocycles. The largest absolute Gasteiger partial charge is 0.326 e. The lowest BCUT2D eigenvalue weighted by molar-refractivity contribution is 0.628. The van der Waals surface area contributed by atoms with Crippen LogP contribution in [0.1, 0.15) is 5.56 Å². The molecular formula is C17H13ClFN3O. The zero-order valence-corrected chi connectivity index (χ0v) is 13.0. The van der Waals surface area contributed by atoms with Crippen molar-refractivity contribution in [2.75, 3.05) is 5.32 Å². The number of hydrogen-bond acceptors (Lipinski definition) is 3. The molecule has 0 amide bonds. The van der Waals surface area contributed by atoms with Crippen molar-refractivity contribution in [3.63, 3.8) is 0 Å². The van der Waals surface area contributed by atoms with Gasteiger partial charge in [-0.25, -0.2) is 9.37 Å². The number of aromatic amines is 1. The van der Waals surface area contributed by atoms with Gasteiger partial charge in [-0.1, -0.05) is 41.4 Å². The van der Waals surface area contributed by atoms with Crippen LogP contribution in [-0.4, -0.2) is 9.97 Å². The molecule has 2 aromatic carbocycles. The molecular weight excluding hydrogens is 317 g/mol. The normalized spacial score (nSPS) is 10.6. The average molecular weight is 330 g/mol. The van der Waals surface area contributed by atoms with E-state index in [9.17, 15) is 9.18 Å². The van der Waals surface area contributed by atoms with Gasteiger partial charge in [0.1, 0.15) is 5.82 Å². The van der Waals surface area contributed by atoms with Crippen LogP contribution < -0.4 is 10.9 Å². The number of aryl methyl sites for hydroxylation is 1. The third-order valence-corrected chi connectivity index (χ3v) is 3.56. The molecule has 0 saturated heterocycles. The van der Waals surface area contributed by atoms with Crippen molar-refractivity contribution < 1.29 is 4.39 Å². The zero-order chi connectivity index (χ0) is 16.4. The monoisotopic (exact) mass is 329 g/mol. The van der Waals surface area contributed by atoms with Crippen molar-refractivity contribution in [2.24, 2.45) is 0 Å². The van der Waals surface area contributed by atoms with Crippen molar-refractivity contribution >= 4 is 23.2 Å². The molecule has 0 bridgehead atoms. The first-order valence-electron chi connectivity index (χ1n) is 6.92. The number of nitrogens with zero attached hydrogens (tertiary/aromatic N) is 1. The van der Waals surface area contributed by atoms with E-state index < -0.39 is 5.82 Å². The predicted octanol–water partition coefficient (Wildman–Crippen LogP) is 4.28. The number of anilines is 2. The summed E-state index contributed by atoms with van der Waals surface area (Å²) < 4.78 is 13.2. The van der Waals surface area contributed by atoms with Crippen LogP contribution in [0.25, 0.3) is 11.3 Å². The van der Waals surface area contributed by atoms with Crippen molar-refractivity contribution in [3.8, 4) is 11.3 Å². The van der Waals surface area contributed by atoms with Crippen molar-refractivity contribution in [1.29, 1.82) is 0 Å². The minimum atomic E-state index is -0.507. The molecule has 0 atom stereocenters. The van der Waals surface area contributed by atoms with Gasteiger partial charge in [-0.3, -0.25) is 9.78 Å². The number of rotatable bonds is 3. The van der Waals surface area contributed by atoms with E-state index in [0.29, 0.717) is 11.4 Å². The van der Waals surface area contributed by atoms with Crippen LogP contribution in [0.5, 0.6) is 0 Å². The first-order chi connectivity index (χ1) is 11.0. The Labute approximate surface area is 137 Å². The highest BCUT2D eigenvalue weighted by Crippen LogP contribution is 2.22. The second-order valence-corrected chi connectivity index (χ2v) is 5.51. The van der Waals surface area contributed by atoms with Crippen LogP contribution >= 0.6 is 11.6 Å². The molecule has 23 heavy (non-hydrogen) atoms. The predicted molar refractivity (Wildman–Crippen MR) is 89.7 cm³/mol. The Morgan fingerprint density at radius 3 is 2.57 bits per heavy atom. The zero-order valence-electron chi connectivity index (χ0n) is 12.2. The molecule has 0 unspecified atom stereocenters. The maximum atomic E-state index is 13.2. The van der Waals surface area contributed by atoms with Crippen molar-refractivity contribution in [3.05, 3.63) is 75.3 Å². The van der Waals surface area contributed by atoms with E-state index in [1.807, 2.05) is 31.2 Å². The summed E-state index contributed by atoms with van der Waals surface area (Å²) in [6.45, 7) is 1.99. The van der Waals surface area contributed by atoms with Gasteiger partial charge in [0.25, 0.3) is 5.56 Å². The van der Waals surface area contributed by atoms with Gasteiger partial charge in [0.05, 0.1) is 10.7 Å². The quantitative estimate of drug-likeness (QED) is 0.754. The van der Waals surface area contributed by atoms with Gasteiger partial charge in [-0.15, -0.1) is 0 Å². The lowest BCUT2D eigenvalue weighted by Gasteiger charge is -2.08. The molecule has 0 saturated carbocycles. The van der Waals surface area contributed by atoms with Crippen molar-refractivity contribution in [2.45, 2.75) is 6.92 Å². The maximum absolute atomic E-state index is 13.2. The Hall–Kier alpha value is -2.66. The number of nitrogens with one attached hydrogen (secondary N) is 2. The molecule has 116 valence electrons. The van der Waals surface area contributed by atoms with Gasteiger partial charge in [0.15, 0.2) is 0 Å². The number of H-pyrrole nitrogens is 1. The van der Waals surface area contributed by atoms with E-state index in [-0.39, 0.29) is 16.5 Å². The van der Waals surface area contributed by atoms with Gasteiger partial charge in [0.2, 0.25) is 5.95 Å².